The van der Waals surface area contributed by atoms with Crippen molar-refractivity contribution in [1.82, 2.24) is 39.9 Å². The Bertz CT molecular complexity index is 2070. The van der Waals surface area contributed by atoms with Crippen LogP contribution in [0, 0.1) is 188 Å². The molecule has 0 N–H and O–H groups in total. The third-order valence-electron chi connectivity index (χ3n) is 16.8. The molecule has 0 spiro atoms. The van der Waals surface area contributed by atoms with E-state index in [0.717, 1.165) is 26.4 Å². The van der Waals surface area contributed by atoms with Gasteiger partial charge in [0.1, 0.15) is 0 Å². The van der Waals surface area contributed by atoms with Crippen molar-refractivity contribution in [2.45, 2.75) is 176 Å². The number of nitrogens with zero attached hydrogens (tertiary/aromatic N) is 8. The Kier molecular flexibility index (Phi) is 34.8. The summed E-state index contributed by atoms with van der Waals surface area (Å²) >= 11 is 0. The normalized spacial score (nSPS) is 19.0. The van der Waals surface area contributed by atoms with E-state index in [-0.39, 0.29) is 215 Å². The van der Waals surface area contributed by atoms with E-state index in [1.807, 2.05) is 98.1 Å². The first-order valence-corrected chi connectivity index (χ1v) is 28.5. The topological polar surface area (TPSA) is 160 Å². The first-order valence-electron chi connectivity index (χ1n) is 28.5. The van der Waals surface area contributed by atoms with Gasteiger partial charge in [-0.3, -0.25) is 0 Å². The predicted octanol–water partition coefficient (Wildman–Crippen LogP) is 12.9. The molecule has 450 valence electrons. The van der Waals surface area contributed by atoms with Gasteiger partial charge in [0.25, 0.3) is 0 Å². The fraction of sp³-hybridized carbons (Fsp3) is 0.500. The predicted molar refractivity (Wildman–Crippen MR) is 294 cm³/mol. The van der Waals surface area contributed by atoms with Crippen molar-refractivity contribution >= 4 is 0 Å². The Hall–Kier alpha value is 0.198. The van der Waals surface area contributed by atoms with Crippen molar-refractivity contribution in [1.29, 1.82) is 0 Å². The molecule has 4 saturated carbocycles. The molecule has 8 aromatic heterocycles. The van der Waals surface area contributed by atoms with Crippen LogP contribution in [0.2, 0.25) is 0 Å². The number of hydrogen-bond acceptors (Lipinski definition) is 2. The zero-order chi connectivity index (χ0) is 50.5. The molecule has 79 heavy (non-hydrogen) atoms. The molecule has 4 aliphatic carbocycles. The fourth-order valence-electron chi connectivity index (χ4n) is 12.9. The van der Waals surface area contributed by atoms with E-state index in [0.29, 0.717) is 0 Å². The van der Waals surface area contributed by atoms with E-state index in [1.54, 1.807) is 0 Å². The molecule has 0 amide bonds. The van der Waals surface area contributed by atoms with Crippen molar-refractivity contribution in [3.8, 4) is 0 Å². The first kappa shape index (κ1) is 71.7. The minimum absolute atomic E-state index is 0. The third-order valence-corrected chi connectivity index (χ3v) is 16.8. The van der Waals surface area contributed by atoms with Crippen molar-refractivity contribution in [2.75, 3.05) is 26.4 Å². The van der Waals surface area contributed by atoms with Gasteiger partial charge in [-0.2, -0.15) is 95.1 Å². The number of ether oxygens (including phenoxy) is 2. The molecule has 2 aliphatic heterocycles. The quantitative estimate of drug-likeness (QED) is 0.143. The van der Waals surface area contributed by atoms with Gasteiger partial charge in [0.2, 0.25) is 0 Å². The van der Waals surface area contributed by atoms with Gasteiger partial charge in [0, 0.05) is 26.4 Å². The van der Waals surface area contributed by atoms with Crippen LogP contribution < -0.4 is 39.9 Å². The molecule has 14 rings (SSSR count). The minimum atomic E-state index is 0. The largest absolute Gasteiger partial charge is 3.00 e. The van der Waals surface area contributed by atoms with Crippen molar-refractivity contribution in [3.05, 3.63) is 192 Å². The van der Waals surface area contributed by atoms with Gasteiger partial charge >= 0.3 is 188 Å². The van der Waals surface area contributed by atoms with E-state index in [9.17, 15) is 0 Å². The Morgan fingerprint density at radius 1 is 0.241 bits per heavy atom. The van der Waals surface area contributed by atoms with Gasteiger partial charge < -0.3 is 54.8 Å². The number of hydrogen-bond donors (Lipinski definition) is 0. The van der Waals surface area contributed by atoms with Crippen molar-refractivity contribution < 1.29 is 203 Å². The van der Waals surface area contributed by atoms with Crippen LogP contribution in [0.1, 0.15) is 200 Å². The summed E-state index contributed by atoms with van der Waals surface area (Å²) in [6.45, 7) is 4.00. The fourth-order valence-corrected chi connectivity index (χ4v) is 12.9. The summed E-state index contributed by atoms with van der Waals surface area (Å²) in [6.07, 6.45) is 45.6. The van der Waals surface area contributed by atoms with Crippen LogP contribution in [0.3, 0.4) is 0 Å². The third kappa shape index (κ3) is 19.1. The molecule has 6 aliphatic rings. The SMILES string of the molecule is C1CCOC1.C1CCOC1.[O-2].[Yb+2].[Yb+2].[Yb+3].[Yb+3].c1c[n-]c(C2(c3ccc[n-]3)CCCCC2)c1.c1c[n-]c(C2(c3ccc[n-]3)CCCCC2)c1.c1c[n-]c(C2(c3ccc[n-]3)CCCCC2)c1.c1c[n-]c(C2(c3ccc[n-]3)CCCCC2)c1. The van der Waals surface area contributed by atoms with Gasteiger partial charge in [0.15, 0.2) is 0 Å². The molecule has 0 aromatic carbocycles. The minimum Gasteiger partial charge on any atom is -2.00 e. The molecule has 0 atom stereocenters. The van der Waals surface area contributed by atoms with E-state index in [2.05, 4.69) is 88.4 Å². The molecule has 2 radical (unpaired) electrons. The van der Waals surface area contributed by atoms with Crippen LogP contribution in [-0.4, -0.2) is 26.4 Å². The number of aromatic nitrogens is 8. The average molecular weight is 1700 g/mol. The molecule has 11 nitrogen and oxygen atoms in total. The van der Waals surface area contributed by atoms with Crippen LogP contribution in [0.5, 0.6) is 0 Å². The molecule has 0 unspecified atom stereocenters. The van der Waals surface area contributed by atoms with E-state index >= 15 is 0 Å². The Balaban J connectivity index is 0.000000210. The maximum Gasteiger partial charge on any atom is 3.00 e. The summed E-state index contributed by atoms with van der Waals surface area (Å²) in [5.74, 6) is 0. The molecular weight excluding hydrogens is 1620 g/mol. The Labute approximate surface area is 626 Å². The first-order chi connectivity index (χ1) is 36.7. The van der Waals surface area contributed by atoms with Crippen molar-refractivity contribution in [2.24, 2.45) is 0 Å². The van der Waals surface area contributed by atoms with Crippen LogP contribution in [0.4, 0.5) is 0 Å². The smallest absolute Gasteiger partial charge is 2.00 e. The summed E-state index contributed by atoms with van der Waals surface area (Å²) in [7, 11) is 0. The maximum absolute atomic E-state index is 4.94. The zero-order valence-corrected chi connectivity index (χ0v) is 52.4. The summed E-state index contributed by atoms with van der Waals surface area (Å²) < 4.78 is 9.89. The number of rotatable bonds is 8. The second-order valence-electron chi connectivity index (χ2n) is 21.4. The average Bonchev–Trinajstić information content (AvgIpc) is 4.32. The second kappa shape index (κ2) is 38.4. The van der Waals surface area contributed by atoms with Gasteiger partial charge in [-0.1, -0.05) is 174 Å². The van der Waals surface area contributed by atoms with E-state index in [4.69, 9.17) is 9.47 Å². The van der Waals surface area contributed by atoms with Gasteiger partial charge in [-0.15, -0.1) is 0 Å². The summed E-state index contributed by atoms with van der Waals surface area (Å²) in [5, 5.41) is 0. The molecular formula is C64H80N8O3Yb4. The Morgan fingerprint density at radius 3 is 0.494 bits per heavy atom. The summed E-state index contributed by atoms with van der Waals surface area (Å²) in [5.41, 5.74) is 10.1. The molecule has 15 heteroatoms. The molecule has 8 aromatic rings. The summed E-state index contributed by atoms with van der Waals surface area (Å²) in [4.78, 5) is 36.2. The van der Waals surface area contributed by atoms with Gasteiger partial charge in [0.05, 0.1) is 0 Å². The molecule has 6 fully saturated rings. The zero-order valence-electron chi connectivity index (χ0n) is 45.5. The van der Waals surface area contributed by atoms with Crippen LogP contribution >= 0.6 is 0 Å². The van der Waals surface area contributed by atoms with Crippen LogP contribution in [0.25, 0.3) is 0 Å². The van der Waals surface area contributed by atoms with E-state index in [1.165, 1.54) is 200 Å². The standard InChI is InChI=1S/4C14H16N2.2C4H8O.O.4Yb/c4*1-2-8-14(9-3-1,12-6-4-10-15-12)13-7-5-11-16-13;2*1-2-4-5-3-1;;;;;/h4*4-7,10-11H,1-3,8-9H2;2*1-4H2;;;;;/q4*-2;;;-2;2*+2;2*+3. The Morgan fingerprint density at radius 2 is 0.392 bits per heavy atom. The van der Waals surface area contributed by atoms with Crippen LogP contribution in [0.15, 0.2) is 147 Å². The van der Waals surface area contributed by atoms with Gasteiger partial charge in [-0.05, 0) is 98.7 Å². The molecule has 0 bridgehead atoms. The van der Waals surface area contributed by atoms with E-state index < -0.39 is 0 Å². The monoisotopic (exact) mass is 1700 g/mol. The van der Waals surface area contributed by atoms with Crippen LogP contribution in [-0.2, 0) is 36.6 Å². The summed E-state index contributed by atoms with van der Waals surface area (Å²) in [6, 6.07) is 33.5. The maximum atomic E-state index is 4.94. The van der Waals surface area contributed by atoms with Crippen molar-refractivity contribution in [3.63, 3.8) is 0 Å². The second-order valence-corrected chi connectivity index (χ2v) is 21.4. The van der Waals surface area contributed by atoms with Gasteiger partial charge in [-0.25, -0.2) is 0 Å². The molecule has 2 saturated heterocycles. The molecule has 10 heterocycles.